The second-order valence-corrected chi connectivity index (χ2v) is 6.21. The van der Waals surface area contributed by atoms with Crippen LogP contribution < -0.4 is 11.1 Å². The van der Waals surface area contributed by atoms with Gasteiger partial charge in [0.25, 0.3) is 0 Å². The minimum atomic E-state index is -0.542. The van der Waals surface area contributed by atoms with Crippen LogP contribution in [0.4, 0.5) is 5.82 Å². The van der Waals surface area contributed by atoms with Gasteiger partial charge in [-0.2, -0.15) is 0 Å². The molecule has 0 aliphatic carbocycles. The van der Waals surface area contributed by atoms with Crippen LogP contribution in [-0.4, -0.2) is 34.6 Å². The number of anilines is 1. The minimum Gasteiger partial charge on any atom is -0.373 e. The summed E-state index contributed by atoms with van der Waals surface area (Å²) in [6.07, 6.45) is 12.1. The number of carbonyl (C=O) groups excluding carboxylic acids is 1. The smallest absolute Gasteiger partial charge is 0.241 e. The number of rotatable bonds is 7. The van der Waals surface area contributed by atoms with Crippen molar-refractivity contribution in [3.8, 4) is 11.1 Å². The molecule has 0 unspecified atom stereocenters. The molecule has 0 bridgehead atoms. The van der Waals surface area contributed by atoms with Crippen molar-refractivity contribution in [2.24, 2.45) is 10.7 Å². The zero-order valence-corrected chi connectivity index (χ0v) is 16.3. The van der Waals surface area contributed by atoms with Gasteiger partial charge in [0.1, 0.15) is 11.5 Å². The zero-order valence-electron chi connectivity index (χ0n) is 16.3. The standard InChI is InChI=1S/C22H22N6O/c1-4-14(9-17(24-2)5-6-20(23)29)16-10-18-19(13-28-22(18)27-12-16)15-7-8-26-21(11-15)25-3/h4-13H,2H2,1,3H3,(H2,23,29)(H,25,26)(H,27,28)/b6-5+,14-4+,17-9-. The molecule has 0 aliphatic heterocycles. The molecule has 1 amide bonds. The summed E-state index contributed by atoms with van der Waals surface area (Å²) in [7, 11) is 1.84. The molecule has 0 aliphatic rings. The number of aromatic amines is 1. The summed E-state index contributed by atoms with van der Waals surface area (Å²) in [5, 5.41) is 4.04. The molecule has 7 nitrogen and oxygen atoms in total. The molecule has 3 heterocycles. The summed E-state index contributed by atoms with van der Waals surface area (Å²) in [6, 6.07) is 6.01. The number of carbonyl (C=O) groups is 1. The quantitative estimate of drug-likeness (QED) is 0.327. The van der Waals surface area contributed by atoms with E-state index >= 15 is 0 Å². The van der Waals surface area contributed by atoms with Crippen LogP contribution in [0.25, 0.3) is 27.7 Å². The van der Waals surface area contributed by atoms with Gasteiger partial charge in [-0.3, -0.25) is 9.79 Å². The van der Waals surface area contributed by atoms with Crippen LogP contribution in [0.3, 0.4) is 0 Å². The van der Waals surface area contributed by atoms with Crippen molar-refractivity contribution in [1.29, 1.82) is 0 Å². The summed E-state index contributed by atoms with van der Waals surface area (Å²) < 4.78 is 0. The number of hydrogen-bond acceptors (Lipinski definition) is 5. The molecule has 146 valence electrons. The highest BCUT2D eigenvalue weighted by molar-refractivity contribution is 5.96. The van der Waals surface area contributed by atoms with Crippen LogP contribution in [0.5, 0.6) is 0 Å². The molecule has 0 atom stereocenters. The number of primary amides is 1. The van der Waals surface area contributed by atoms with Gasteiger partial charge in [-0.15, -0.1) is 0 Å². The van der Waals surface area contributed by atoms with E-state index in [-0.39, 0.29) is 0 Å². The molecule has 7 heteroatoms. The first-order valence-electron chi connectivity index (χ1n) is 8.99. The molecule has 0 spiro atoms. The molecule has 0 aromatic carbocycles. The zero-order chi connectivity index (χ0) is 20.8. The number of nitrogens with two attached hydrogens (primary N) is 1. The number of amides is 1. The lowest BCUT2D eigenvalue weighted by molar-refractivity contribution is -0.113. The Balaban J connectivity index is 2.06. The number of allylic oxidation sites excluding steroid dienone is 4. The maximum Gasteiger partial charge on any atom is 0.241 e. The van der Waals surface area contributed by atoms with Crippen LogP contribution in [0.1, 0.15) is 12.5 Å². The maximum absolute atomic E-state index is 11.0. The number of hydrogen-bond donors (Lipinski definition) is 3. The third kappa shape index (κ3) is 4.47. The Hall–Kier alpha value is -4.00. The van der Waals surface area contributed by atoms with E-state index in [2.05, 4.69) is 38.0 Å². The Morgan fingerprint density at radius 1 is 1.31 bits per heavy atom. The van der Waals surface area contributed by atoms with Gasteiger partial charge in [-0.25, -0.2) is 9.97 Å². The second-order valence-electron chi connectivity index (χ2n) is 6.21. The largest absolute Gasteiger partial charge is 0.373 e. The molecule has 0 saturated carbocycles. The number of nitrogens with one attached hydrogen (secondary N) is 2. The third-order valence-electron chi connectivity index (χ3n) is 4.41. The predicted molar refractivity (Wildman–Crippen MR) is 118 cm³/mol. The van der Waals surface area contributed by atoms with Crippen molar-refractivity contribution in [3.63, 3.8) is 0 Å². The van der Waals surface area contributed by atoms with Gasteiger partial charge in [0, 0.05) is 48.2 Å². The summed E-state index contributed by atoms with van der Waals surface area (Å²) in [6.45, 7) is 5.48. The Bertz CT molecular complexity index is 1150. The van der Waals surface area contributed by atoms with E-state index < -0.39 is 5.91 Å². The van der Waals surface area contributed by atoms with E-state index in [4.69, 9.17) is 5.73 Å². The van der Waals surface area contributed by atoms with Crippen molar-refractivity contribution in [3.05, 3.63) is 72.4 Å². The fraction of sp³-hybridized carbons (Fsp3) is 0.0909. The van der Waals surface area contributed by atoms with Crippen molar-refractivity contribution >= 4 is 35.0 Å². The van der Waals surface area contributed by atoms with Crippen LogP contribution in [0.15, 0.2) is 71.8 Å². The van der Waals surface area contributed by atoms with E-state index in [9.17, 15) is 4.79 Å². The molecule has 0 radical (unpaired) electrons. The van der Waals surface area contributed by atoms with E-state index in [0.717, 1.165) is 39.1 Å². The number of pyridine rings is 2. The topological polar surface area (TPSA) is 109 Å². The Morgan fingerprint density at radius 2 is 2.14 bits per heavy atom. The van der Waals surface area contributed by atoms with Gasteiger partial charge in [0.2, 0.25) is 5.91 Å². The summed E-state index contributed by atoms with van der Waals surface area (Å²) in [5.41, 5.74) is 10.4. The third-order valence-corrected chi connectivity index (χ3v) is 4.41. The maximum atomic E-state index is 11.0. The second kappa shape index (κ2) is 8.79. The van der Waals surface area contributed by atoms with Crippen molar-refractivity contribution in [2.45, 2.75) is 6.92 Å². The van der Waals surface area contributed by atoms with Gasteiger partial charge >= 0.3 is 0 Å². The van der Waals surface area contributed by atoms with Crippen molar-refractivity contribution in [1.82, 2.24) is 15.0 Å². The predicted octanol–water partition coefficient (Wildman–Crippen LogP) is 3.70. The summed E-state index contributed by atoms with van der Waals surface area (Å²) >= 11 is 0. The number of fused-ring (bicyclic) bond motifs is 1. The molecule has 3 aromatic rings. The number of nitrogens with zero attached hydrogens (tertiary/aromatic N) is 3. The SMILES string of the molecule is C=NC(=C\C(=C/C)c1cnc2[nH]cc(-c3ccnc(NC)c3)c2c1)/C=C/C(N)=O. The van der Waals surface area contributed by atoms with Crippen LogP contribution in [0, 0.1) is 0 Å². The number of aromatic nitrogens is 3. The van der Waals surface area contributed by atoms with Gasteiger partial charge in [-0.05, 0) is 55.1 Å². The first-order valence-corrected chi connectivity index (χ1v) is 8.99. The average Bonchev–Trinajstić information content (AvgIpc) is 3.17. The molecule has 4 N–H and O–H groups in total. The highest BCUT2D eigenvalue weighted by Gasteiger charge is 2.10. The Labute approximate surface area is 168 Å². The van der Waals surface area contributed by atoms with Crippen LogP contribution in [-0.2, 0) is 4.79 Å². The molecular weight excluding hydrogens is 364 g/mol. The van der Waals surface area contributed by atoms with Crippen LogP contribution >= 0.6 is 0 Å². The van der Waals surface area contributed by atoms with Crippen LogP contribution in [0.2, 0.25) is 0 Å². The number of H-pyrrole nitrogens is 1. The van der Waals surface area contributed by atoms with E-state index in [1.165, 1.54) is 12.2 Å². The molecule has 0 saturated heterocycles. The van der Waals surface area contributed by atoms with E-state index in [1.807, 2.05) is 44.5 Å². The first-order chi connectivity index (χ1) is 14.0. The van der Waals surface area contributed by atoms with E-state index in [1.54, 1.807) is 12.4 Å². The van der Waals surface area contributed by atoms with Gasteiger partial charge in [0.05, 0.1) is 5.70 Å². The molecule has 3 aromatic heterocycles. The van der Waals surface area contributed by atoms with Gasteiger partial charge in [-0.1, -0.05) is 6.08 Å². The molecular formula is C22H22N6O. The lowest BCUT2D eigenvalue weighted by Gasteiger charge is -2.06. The van der Waals surface area contributed by atoms with Gasteiger partial charge < -0.3 is 16.0 Å². The van der Waals surface area contributed by atoms with E-state index in [0.29, 0.717) is 5.70 Å². The lowest BCUT2D eigenvalue weighted by Crippen LogP contribution is -2.05. The minimum absolute atomic E-state index is 0.527. The summed E-state index contributed by atoms with van der Waals surface area (Å²) in [5.74, 6) is 0.251. The fourth-order valence-electron chi connectivity index (χ4n) is 2.94. The Kier molecular flexibility index (Phi) is 5.99. The van der Waals surface area contributed by atoms with Crippen molar-refractivity contribution in [2.75, 3.05) is 12.4 Å². The first kappa shape index (κ1) is 19.8. The monoisotopic (exact) mass is 386 g/mol. The summed E-state index contributed by atoms with van der Waals surface area (Å²) in [4.78, 5) is 27.0. The molecule has 3 rings (SSSR count). The van der Waals surface area contributed by atoms with Gasteiger partial charge in [0.15, 0.2) is 0 Å². The molecule has 29 heavy (non-hydrogen) atoms. The molecule has 0 fully saturated rings. The fourth-order valence-corrected chi connectivity index (χ4v) is 2.94. The average molecular weight is 386 g/mol. The highest BCUT2D eigenvalue weighted by atomic mass is 16.1. The number of aliphatic imine (C=N–C) groups is 1. The lowest BCUT2D eigenvalue weighted by atomic mass is 10.0. The normalized spacial score (nSPS) is 12.5. The van der Waals surface area contributed by atoms with Crippen molar-refractivity contribution < 1.29 is 4.79 Å². The highest BCUT2D eigenvalue weighted by Crippen LogP contribution is 2.31. The Morgan fingerprint density at radius 3 is 2.83 bits per heavy atom.